The predicted molar refractivity (Wildman–Crippen MR) is 71.0 cm³/mol. The lowest BCUT2D eigenvalue weighted by molar-refractivity contribution is -0.00605. The van der Waals surface area contributed by atoms with Crippen LogP contribution < -0.4 is 5.73 Å². The van der Waals surface area contributed by atoms with Crippen molar-refractivity contribution in [3.8, 4) is 0 Å². The highest BCUT2D eigenvalue weighted by molar-refractivity contribution is 4.94. The van der Waals surface area contributed by atoms with Crippen LogP contribution in [0.4, 0.5) is 0 Å². The standard InChI is InChI=1S/C14H28N2O/c1-3-17-12-6-5-9-16(10-12)11-14(2)8-4-7-13(14)15/h12-13H,3-11,15H2,1-2H3. The second-order valence-electron chi connectivity index (χ2n) is 6.11. The van der Waals surface area contributed by atoms with E-state index < -0.39 is 0 Å². The van der Waals surface area contributed by atoms with Crippen molar-refractivity contribution in [3.05, 3.63) is 0 Å². The van der Waals surface area contributed by atoms with Crippen LogP contribution in [0.2, 0.25) is 0 Å². The number of hydrogen-bond donors (Lipinski definition) is 1. The lowest BCUT2D eigenvalue weighted by atomic mass is 9.84. The Labute approximate surface area is 106 Å². The van der Waals surface area contributed by atoms with E-state index in [2.05, 4.69) is 18.7 Å². The van der Waals surface area contributed by atoms with E-state index in [0.29, 0.717) is 17.6 Å². The smallest absolute Gasteiger partial charge is 0.0702 e. The molecule has 2 aliphatic rings. The molecule has 3 unspecified atom stereocenters. The Morgan fingerprint density at radius 3 is 2.82 bits per heavy atom. The van der Waals surface area contributed by atoms with E-state index in [-0.39, 0.29) is 0 Å². The first-order valence-corrected chi connectivity index (χ1v) is 7.23. The summed E-state index contributed by atoms with van der Waals surface area (Å²) in [5, 5.41) is 0. The molecule has 1 saturated carbocycles. The summed E-state index contributed by atoms with van der Waals surface area (Å²) >= 11 is 0. The molecular formula is C14H28N2O. The molecule has 1 aliphatic heterocycles. The molecule has 1 aliphatic carbocycles. The SMILES string of the molecule is CCOC1CCCN(CC2(C)CCCC2N)C1. The normalized spacial score (nSPS) is 39.7. The summed E-state index contributed by atoms with van der Waals surface area (Å²) in [6.45, 7) is 8.80. The third kappa shape index (κ3) is 3.21. The molecule has 0 spiro atoms. The van der Waals surface area contributed by atoms with Gasteiger partial charge in [-0.15, -0.1) is 0 Å². The zero-order valence-electron chi connectivity index (χ0n) is 11.5. The average molecular weight is 240 g/mol. The minimum atomic E-state index is 0.341. The molecule has 3 atom stereocenters. The second-order valence-corrected chi connectivity index (χ2v) is 6.11. The van der Waals surface area contributed by atoms with Crippen LogP contribution in [0, 0.1) is 5.41 Å². The van der Waals surface area contributed by atoms with Gasteiger partial charge in [0.2, 0.25) is 0 Å². The van der Waals surface area contributed by atoms with Gasteiger partial charge in [0, 0.05) is 25.7 Å². The first kappa shape index (κ1) is 13.3. The van der Waals surface area contributed by atoms with Crippen LogP contribution in [-0.4, -0.2) is 43.3 Å². The molecule has 1 saturated heterocycles. The van der Waals surface area contributed by atoms with Gasteiger partial charge in [0.15, 0.2) is 0 Å². The highest BCUT2D eigenvalue weighted by atomic mass is 16.5. The van der Waals surface area contributed by atoms with Crippen LogP contribution in [0.1, 0.15) is 46.0 Å². The van der Waals surface area contributed by atoms with E-state index >= 15 is 0 Å². The summed E-state index contributed by atoms with van der Waals surface area (Å²) in [4.78, 5) is 2.58. The van der Waals surface area contributed by atoms with Gasteiger partial charge in [-0.25, -0.2) is 0 Å². The molecule has 17 heavy (non-hydrogen) atoms. The van der Waals surface area contributed by atoms with E-state index in [9.17, 15) is 0 Å². The molecular weight excluding hydrogens is 212 g/mol. The molecule has 2 fully saturated rings. The monoisotopic (exact) mass is 240 g/mol. The number of nitrogens with zero attached hydrogens (tertiary/aromatic N) is 1. The molecule has 100 valence electrons. The Morgan fingerprint density at radius 2 is 2.18 bits per heavy atom. The van der Waals surface area contributed by atoms with Crippen LogP contribution in [0.3, 0.4) is 0 Å². The van der Waals surface area contributed by atoms with Crippen molar-refractivity contribution in [2.75, 3.05) is 26.2 Å². The van der Waals surface area contributed by atoms with Crippen LogP contribution >= 0.6 is 0 Å². The van der Waals surface area contributed by atoms with Gasteiger partial charge in [0.05, 0.1) is 6.10 Å². The third-order valence-corrected chi connectivity index (χ3v) is 4.61. The Hall–Kier alpha value is -0.120. The molecule has 0 bridgehead atoms. The van der Waals surface area contributed by atoms with Crippen molar-refractivity contribution in [1.82, 2.24) is 4.90 Å². The minimum Gasteiger partial charge on any atom is -0.377 e. The molecule has 0 aromatic heterocycles. The summed E-state index contributed by atoms with van der Waals surface area (Å²) in [5.74, 6) is 0. The van der Waals surface area contributed by atoms with Gasteiger partial charge in [-0.3, -0.25) is 0 Å². The van der Waals surface area contributed by atoms with E-state index in [4.69, 9.17) is 10.5 Å². The zero-order valence-corrected chi connectivity index (χ0v) is 11.5. The molecule has 0 aromatic carbocycles. The maximum Gasteiger partial charge on any atom is 0.0702 e. The van der Waals surface area contributed by atoms with Crippen molar-refractivity contribution in [2.24, 2.45) is 11.1 Å². The van der Waals surface area contributed by atoms with Gasteiger partial charge in [-0.05, 0) is 44.6 Å². The molecule has 0 amide bonds. The van der Waals surface area contributed by atoms with Gasteiger partial charge < -0.3 is 15.4 Å². The molecule has 0 radical (unpaired) electrons. The largest absolute Gasteiger partial charge is 0.377 e. The quantitative estimate of drug-likeness (QED) is 0.817. The molecule has 1 heterocycles. The topological polar surface area (TPSA) is 38.5 Å². The molecule has 0 aromatic rings. The second kappa shape index (κ2) is 5.68. The number of rotatable bonds is 4. The highest BCUT2D eigenvalue weighted by Gasteiger charge is 2.38. The van der Waals surface area contributed by atoms with Crippen molar-refractivity contribution in [1.29, 1.82) is 0 Å². The Balaban J connectivity index is 1.85. The minimum absolute atomic E-state index is 0.341. The number of piperidine rings is 1. The summed E-state index contributed by atoms with van der Waals surface area (Å²) in [7, 11) is 0. The Morgan fingerprint density at radius 1 is 1.35 bits per heavy atom. The maximum atomic E-state index is 6.27. The van der Waals surface area contributed by atoms with Crippen molar-refractivity contribution in [2.45, 2.75) is 58.1 Å². The van der Waals surface area contributed by atoms with Gasteiger partial charge in [-0.2, -0.15) is 0 Å². The maximum absolute atomic E-state index is 6.27. The van der Waals surface area contributed by atoms with Crippen molar-refractivity contribution in [3.63, 3.8) is 0 Å². The van der Waals surface area contributed by atoms with Crippen molar-refractivity contribution >= 4 is 0 Å². The van der Waals surface area contributed by atoms with Gasteiger partial charge in [0.1, 0.15) is 0 Å². The fourth-order valence-electron chi connectivity index (χ4n) is 3.50. The van der Waals surface area contributed by atoms with E-state index in [1.165, 1.54) is 38.6 Å². The van der Waals surface area contributed by atoms with Gasteiger partial charge >= 0.3 is 0 Å². The Kier molecular flexibility index (Phi) is 4.45. The van der Waals surface area contributed by atoms with Gasteiger partial charge in [0.25, 0.3) is 0 Å². The number of nitrogens with two attached hydrogens (primary N) is 1. The molecule has 3 nitrogen and oxygen atoms in total. The first-order valence-electron chi connectivity index (χ1n) is 7.23. The summed E-state index contributed by atoms with van der Waals surface area (Å²) < 4.78 is 5.76. The highest BCUT2D eigenvalue weighted by Crippen LogP contribution is 2.37. The lowest BCUT2D eigenvalue weighted by Gasteiger charge is -2.39. The Bertz CT molecular complexity index is 244. The first-order chi connectivity index (χ1) is 8.14. The van der Waals surface area contributed by atoms with E-state index in [0.717, 1.165) is 19.7 Å². The van der Waals surface area contributed by atoms with E-state index in [1.54, 1.807) is 0 Å². The number of hydrogen-bond acceptors (Lipinski definition) is 3. The summed E-state index contributed by atoms with van der Waals surface area (Å²) in [6, 6.07) is 0.398. The zero-order chi connectivity index (χ0) is 12.3. The molecule has 3 heteroatoms. The van der Waals surface area contributed by atoms with Crippen LogP contribution in [0.15, 0.2) is 0 Å². The summed E-state index contributed by atoms with van der Waals surface area (Å²) in [6.07, 6.45) is 6.77. The van der Waals surface area contributed by atoms with Crippen LogP contribution in [-0.2, 0) is 4.74 Å². The fourth-order valence-corrected chi connectivity index (χ4v) is 3.50. The fraction of sp³-hybridized carbons (Fsp3) is 1.00. The molecule has 2 rings (SSSR count). The third-order valence-electron chi connectivity index (χ3n) is 4.61. The van der Waals surface area contributed by atoms with Crippen molar-refractivity contribution < 1.29 is 4.74 Å². The predicted octanol–water partition coefficient (Wildman–Crippen LogP) is 2.00. The van der Waals surface area contributed by atoms with E-state index in [1.807, 2.05) is 0 Å². The number of likely N-dealkylation sites (tertiary alicyclic amines) is 1. The number of ether oxygens (including phenoxy) is 1. The lowest BCUT2D eigenvalue weighted by Crippen LogP contribution is -2.48. The molecule has 2 N–H and O–H groups in total. The van der Waals surface area contributed by atoms with Crippen LogP contribution in [0.5, 0.6) is 0 Å². The van der Waals surface area contributed by atoms with Crippen LogP contribution in [0.25, 0.3) is 0 Å². The summed E-state index contributed by atoms with van der Waals surface area (Å²) in [5.41, 5.74) is 6.61. The average Bonchev–Trinajstić information content (AvgIpc) is 2.60. The van der Waals surface area contributed by atoms with Gasteiger partial charge in [-0.1, -0.05) is 13.3 Å².